The fourth-order valence-electron chi connectivity index (χ4n) is 3.45. The van der Waals surface area contributed by atoms with Gasteiger partial charge in [-0.25, -0.2) is 12.8 Å². The molecule has 0 atom stereocenters. The lowest BCUT2D eigenvalue weighted by molar-refractivity contribution is 0.102. The van der Waals surface area contributed by atoms with Gasteiger partial charge in [-0.2, -0.15) is 0 Å². The molecule has 0 saturated carbocycles. The van der Waals surface area contributed by atoms with E-state index in [1.165, 1.54) is 35.6 Å². The third-order valence-electron chi connectivity index (χ3n) is 4.80. The van der Waals surface area contributed by atoms with E-state index in [0.717, 1.165) is 0 Å². The second-order valence-corrected chi connectivity index (χ2v) is 8.56. The molecule has 0 aromatic heterocycles. The minimum Gasteiger partial charge on any atom is -0.322 e. The summed E-state index contributed by atoms with van der Waals surface area (Å²) in [7, 11) is -2.14. The first-order valence-corrected chi connectivity index (χ1v) is 10.0. The summed E-state index contributed by atoms with van der Waals surface area (Å²) in [5, 5.41) is 2.73. The topological polar surface area (TPSA) is 66.5 Å². The van der Waals surface area contributed by atoms with E-state index in [4.69, 9.17) is 0 Å². The van der Waals surface area contributed by atoms with Gasteiger partial charge in [0.1, 0.15) is 5.82 Å². The van der Waals surface area contributed by atoms with Gasteiger partial charge in [0.25, 0.3) is 15.9 Å². The highest BCUT2D eigenvalue weighted by molar-refractivity contribution is 7.93. The van der Waals surface area contributed by atoms with Crippen molar-refractivity contribution in [1.82, 2.24) is 0 Å². The Kier molecular flexibility index (Phi) is 4.19. The van der Waals surface area contributed by atoms with Crippen molar-refractivity contribution in [2.24, 2.45) is 0 Å². The number of carbonyl (C=O) groups excluding carboxylic acids is 1. The van der Waals surface area contributed by atoms with Crippen LogP contribution in [0.15, 0.2) is 65.6 Å². The molecule has 1 amide bonds. The number of nitrogens with one attached hydrogen (secondary N) is 1. The van der Waals surface area contributed by atoms with Crippen LogP contribution in [0.4, 0.5) is 15.8 Å². The van der Waals surface area contributed by atoms with Crippen molar-refractivity contribution in [1.29, 1.82) is 0 Å². The number of carbonyl (C=O) groups is 1. The van der Waals surface area contributed by atoms with Crippen molar-refractivity contribution >= 4 is 27.3 Å². The second-order valence-electron chi connectivity index (χ2n) is 6.62. The zero-order chi connectivity index (χ0) is 20.1. The molecule has 7 heteroatoms. The molecular formula is C21H17FN2O3S. The summed E-state index contributed by atoms with van der Waals surface area (Å²) in [6.45, 7) is 1.77. The van der Waals surface area contributed by atoms with Gasteiger partial charge in [0.2, 0.25) is 0 Å². The zero-order valence-corrected chi connectivity index (χ0v) is 16.0. The molecule has 1 N–H and O–H groups in total. The Morgan fingerprint density at radius 1 is 1.00 bits per heavy atom. The van der Waals surface area contributed by atoms with Crippen molar-refractivity contribution in [2.75, 3.05) is 16.7 Å². The SMILES string of the molecule is Cc1cc(C(=O)Nc2ccc(F)cc2)cc2c1N(C)S(=O)(=O)c1ccccc1-2. The van der Waals surface area contributed by atoms with Crippen LogP contribution in [0.25, 0.3) is 11.1 Å². The molecule has 0 bridgehead atoms. The number of sulfonamides is 1. The monoisotopic (exact) mass is 396 g/mol. The minimum absolute atomic E-state index is 0.209. The molecule has 0 fully saturated rings. The van der Waals surface area contributed by atoms with Gasteiger partial charge in [-0.15, -0.1) is 0 Å². The van der Waals surface area contributed by atoms with Gasteiger partial charge in [-0.05, 0) is 55.0 Å². The maximum absolute atomic E-state index is 13.1. The number of hydrogen-bond donors (Lipinski definition) is 1. The highest BCUT2D eigenvalue weighted by atomic mass is 32.2. The first-order chi connectivity index (χ1) is 13.3. The lowest BCUT2D eigenvalue weighted by atomic mass is 9.96. The summed E-state index contributed by atoms with van der Waals surface area (Å²) in [6, 6.07) is 15.6. The predicted octanol–water partition coefficient (Wildman–Crippen LogP) is 4.19. The summed E-state index contributed by atoms with van der Waals surface area (Å²) in [5.41, 5.74) is 3.33. The van der Waals surface area contributed by atoms with Crippen LogP contribution in [0, 0.1) is 12.7 Å². The van der Waals surface area contributed by atoms with Crippen molar-refractivity contribution in [3.05, 3.63) is 77.6 Å². The summed E-state index contributed by atoms with van der Waals surface area (Å²) in [4.78, 5) is 12.9. The molecule has 3 aromatic rings. The fourth-order valence-corrected chi connectivity index (χ4v) is 4.94. The van der Waals surface area contributed by atoms with Crippen molar-refractivity contribution in [3.8, 4) is 11.1 Å². The van der Waals surface area contributed by atoms with Crippen LogP contribution in [0.2, 0.25) is 0 Å². The molecule has 0 unspecified atom stereocenters. The molecule has 0 saturated heterocycles. The van der Waals surface area contributed by atoms with E-state index in [1.54, 1.807) is 43.3 Å². The Morgan fingerprint density at radius 2 is 1.68 bits per heavy atom. The molecule has 1 aliphatic heterocycles. The second kappa shape index (κ2) is 6.45. The summed E-state index contributed by atoms with van der Waals surface area (Å²) in [5.74, 6) is -0.741. The molecule has 4 rings (SSSR count). The van der Waals surface area contributed by atoms with Gasteiger partial charge >= 0.3 is 0 Å². The normalized spacial score (nSPS) is 14.2. The summed E-state index contributed by atoms with van der Waals surface area (Å²) >= 11 is 0. The lowest BCUT2D eigenvalue weighted by Gasteiger charge is -2.31. The molecule has 5 nitrogen and oxygen atoms in total. The molecule has 1 aliphatic rings. The Hall–Kier alpha value is -3.19. The smallest absolute Gasteiger partial charge is 0.264 e. The number of benzene rings is 3. The van der Waals surface area contributed by atoms with Crippen LogP contribution < -0.4 is 9.62 Å². The molecule has 0 radical (unpaired) electrons. The Balaban J connectivity index is 1.82. The third kappa shape index (κ3) is 2.84. The standard InChI is InChI=1S/C21H17FN2O3S/c1-13-11-14(21(25)23-16-9-7-15(22)8-10-16)12-18-17-5-3-4-6-19(17)28(26,27)24(2)20(13)18/h3-12H,1-2H3,(H,23,25). The molecule has 142 valence electrons. The predicted molar refractivity (Wildman–Crippen MR) is 107 cm³/mol. The van der Waals surface area contributed by atoms with E-state index in [2.05, 4.69) is 5.32 Å². The van der Waals surface area contributed by atoms with Gasteiger partial charge in [0.15, 0.2) is 0 Å². The number of halogens is 1. The minimum atomic E-state index is -3.65. The number of amides is 1. The Morgan fingerprint density at radius 3 is 2.39 bits per heavy atom. The number of nitrogens with zero attached hydrogens (tertiary/aromatic N) is 1. The number of anilines is 2. The van der Waals surface area contributed by atoms with E-state index in [1.807, 2.05) is 0 Å². The summed E-state index contributed by atoms with van der Waals surface area (Å²) in [6.07, 6.45) is 0. The Labute approximate surface area is 162 Å². The van der Waals surface area contributed by atoms with Gasteiger partial charge in [-0.1, -0.05) is 18.2 Å². The highest BCUT2D eigenvalue weighted by Crippen LogP contribution is 2.44. The van der Waals surface area contributed by atoms with E-state index < -0.39 is 10.0 Å². The number of rotatable bonds is 2. The number of fused-ring (bicyclic) bond motifs is 3. The number of hydrogen-bond acceptors (Lipinski definition) is 3. The lowest BCUT2D eigenvalue weighted by Crippen LogP contribution is -2.31. The molecule has 1 heterocycles. The van der Waals surface area contributed by atoms with Crippen molar-refractivity contribution < 1.29 is 17.6 Å². The van der Waals surface area contributed by atoms with E-state index in [-0.39, 0.29) is 16.6 Å². The Bertz CT molecular complexity index is 1200. The zero-order valence-electron chi connectivity index (χ0n) is 15.2. The van der Waals surface area contributed by atoms with Crippen molar-refractivity contribution in [2.45, 2.75) is 11.8 Å². The molecule has 0 aliphatic carbocycles. The van der Waals surface area contributed by atoms with E-state index in [9.17, 15) is 17.6 Å². The molecular weight excluding hydrogens is 379 g/mol. The maximum Gasteiger partial charge on any atom is 0.264 e. The highest BCUT2D eigenvalue weighted by Gasteiger charge is 2.33. The molecule has 0 spiro atoms. The quantitative estimate of drug-likeness (QED) is 0.706. The van der Waals surface area contributed by atoms with Gasteiger partial charge < -0.3 is 5.32 Å². The summed E-state index contributed by atoms with van der Waals surface area (Å²) < 4.78 is 40.0. The van der Waals surface area contributed by atoms with Crippen LogP contribution in [0.1, 0.15) is 15.9 Å². The van der Waals surface area contributed by atoms with Crippen LogP contribution >= 0.6 is 0 Å². The van der Waals surface area contributed by atoms with E-state index >= 15 is 0 Å². The molecule has 28 heavy (non-hydrogen) atoms. The van der Waals surface area contributed by atoms with Crippen LogP contribution in [-0.4, -0.2) is 21.4 Å². The van der Waals surface area contributed by atoms with Gasteiger partial charge in [0.05, 0.1) is 10.6 Å². The average Bonchev–Trinajstić information content (AvgIpc) is 2.67. The fraction of sp³-hybridized carbons (Fsp3) is 0.0952. The van der Waals surface area contributed by atoms with Crippen LogP contribution in [0.3, 0.4) is 0 Å². The van der Waals surface area contributed by atoms with Crippen LogP contribution in [0.5, 0.6) is 0 Å². The van der Waals surface area contributed by atoms with E-state index in [0.29, 0.717) is 33.6 Å². The number of aryl methyl sites for hydroxylation is 1. The first-order valence-electron chi connectivity index (χ1n) is 8.59. The van der Waals surface area contributed by atoms with Crippen molar-refractivity contribution in [3.63, 3.8) is 0 Å². The molecule has 3 aromatic carbocycles. The van der Waals surface area contributed by atoms with Gasteiger partial charge in [-0.3, -0.25) is 9.10 Å². The maximum atomic E-state index is 13.1. The average molecular weight is 396 g/mol. The largest absolute Gasteiger partial charge is 0.322 e. The van der Waals surface area contributed by atoms with Gasteiger partial charge in [0, 0.05) is 29.4 Å². The first kappa shape index (κ1) is 18.2. The van der Waals surface area contributed by atoms with Crippen LogP contribution in [-0.2, 0) is 10.0 Å². The third-order valence-corrected chi connectivity index (χ3v) is 6.61.